The van der Waals surface area contributed by atoms with E-state index in [0.717, 1.165) is 18.7 Å². The first kappa shape index (κ1) is 9.26. The fourth-order valence-corrected chi connectivity index (χ4v) is 1.21. The highest BCUT2D eigenvalue weighted by atomic mass is 15.3. The van der Waals surface area contributed by atoms with Crippen molar-refractivity contribution >= 4 is 0 Å². The smallest absolute Gasteiger partial charge is 0.0596 e. The summed E-state index contributed by atoms with van der Waals surface area (Å²) in [7, 11) is 0. The molecule has 1 rings (SSSR count). The maximum absolute atomic E-state index is 5.82. The number of nitrogens with zero attached hydrogens (tertiary/aromatic N) is 2. The van der Waals surface area contributed by atoms with E-state index in [1.807, 2.05) is 11.6 Å². The van der Waals surface area contributed by atoms with Crippen LogP contribution in [0.2, 0.25) is 0 Å². The molecule has 0 unspecified atom stereocenters. The SMILES string of the molecule is CC[C@H](N)Cn1nc(C)cc1C. The number of rotatable bonds is 3. The Morgan fingerprint density at radius 2 is 2.25 bits per heavy atom. The van der Waals surface area contributed by atoms with Crippen LogP contribution in [-0.4, -0.2) is 15.8 Å². The van der Waals surface area contributed by atoms with Gasteiger partial charge in [0.25, 0.3) is 0 Å². The first-order valence-corrected chi connectivity index (χ1v) is 4.40. The monoisotopic (exact) mass is 167 g/mol. The summed E-state index contributed by atoms with van der Waals surface area (Å²) in [4.78, 5) is 0. The van der Waals surface area contributed by atoms with E-state index in [1.54, 1.807) is 0 Å². The maximum Gasteiger partial charge on any atom is 0.0596 e. The first-order chi connectivity index (χ1) is 5.63. The van der Waals surface area contributed by atoms with Crippen molar-refractivity contribution in [3.05, 3.63) is 17.5 Å². The molecule has 0 aromatic carbocycles. The highest BCUT2D eigenvalue weighted by Crippen LogP contribution is 2.02. The van der Waals surface area contributed by atoms with Crippen LogP contribution >= 0.6 is 0 Å². The van der Waals surface area contributed by atoms with Gasteiger partial charge in [-0.15, -0.1) is 0 Å². The van der Waals surface area contributed by atoms with Crippen LogP contribution in [0.5, 0.6) is 0 Å². The van der Waals surface area contributed by atoms with E-state index in [4.69, 9.17) is 5.73 Å². The Balaban J connectivity index is 2.68. The molecule has 1 aromatic heterocycles. The zero-order chi connectivity index (χ0) is 9.14. The summed E-state index contributed by atoms with van der Waals surface area (Å²) in [6.07, 6.45) is 0.998. The van der Waals surface area contributed by atoms with Crippen molar-refractivity contribution in [1.82, 2.24) is 9.78 Å². The van der Waals surface area contributed by atoms with Crippen molar-refractivity contribution in [2.24, 2.45) is 5.73 Å². The van der Waals surface area contributed by atoms with Crippen LogP contribution in [0.1, 0.15) is 24.7 Å². The Morgan fingerprint density at radius 3 is 2.67 bits per heavy atom. The second-order valence-electron chi connectivity index (χ2n) is 3.28. The average molecular weight is 167 g/mol. The number of nitrogens with two attached hydrogens (primary N) is 1. The molecule has 0 fully saturated rings. The molecule has 1 aromatic rings. The van der Waals surface area contributed by atoms with Gasteiger partial charge in [0.1, 0.15) is 0 Å². The van der Waals surface area contributed by atoms with Crippen LogP contribution in [0, 0.1) is 13.8 Å². The minimum atomic E-state index is 0.225. The minimum Gasteiger partial charge on any atom is -0.326 e. The van der Waals surface area contributed by atoms with E-state index in [1.165, 1.54) is 5.69 Å². The Kier molecular flexibility index (Phi) is 2.87. The van der Waals surface area contributed by atoms with Crippen LogP contribution in [0.25, 0.3) is 0 Å². The van der Waals surface area contributed by atoms with Gasteiger partial charge >= 0.3 is 0 Å². The zero-order valence-corrected chi connectivity index (χ0v) is 8.04. The molecule has 0 aliphatic rings. The molecular weight excluding hydrogens is 150 g/mol. The third kappa shape index (κ3) is 2.08. The van der Waals surface area contributed by atoms with Gasteiger partial charge in [-0.05, 0) is 26.3 Å². The molecule has 0 saturated carbocycles. The van der Waals surface area contributed by atoms with Gasteiger partial charge in [-0.25, -0.2) is 0 Å². The molecule has 0 aliphatic carbocycles. The molecule has 2 N–H and O–H groups in total. The average Bonchev–Trinajstić information content (AvgIpc) is 2.30. The summed E-state index contributed by atoms with van der Waals surface area (Å²) in [5.74, 6) is 0. The Morgan fingerprint density at radius 1 is 1.58 bits per heavy atom. The van der Waals surface area contributed by atoms with E-state index in [-0.39, 0.29) is 6.04 Å². The van der Waals surface area contributed by atoms with Gasteiger partial charge in [-0.2, -0.15) is 5.10 Å². The lowest BCUT2D eigenvalue weighted by molar-refractivity contribution is 0.490. The Hall–Kier alpha value is -0.830. The largest absolute Gasteiger partial charge is 0.326 e. The molecule has 0 aliphatic heterocycles. The number of hydrogen-bond donors (Lipinski definition) is 1. The van der Waals surface area contributed by atoms with E-state index in [0.29, 0.717) is 0 Å². The number of hydrogen-bond acceptors (Lipinski definition) is 2. The lowest BCUT2D eigenvalue weighted by atomic mass is 10.2. The molecule has 12 heavy (non-hydrogen) atoms. The van der Waals surface area contributed by atoms with Crippen molar-refractivity contribution in [2.45, 2.75) is 39.8 Å². The molecule has 1 atom stereocenters. The Labute approximate surface area is 73.6 Å². The zero-order valence-electron chi connectivity index (χ0n) is 8.04. The molecule has 1 heterocycles. The van der Waals surface area contributed by atoms with Crippen molar-refractivity contribution in [3.8, 4) is 0 Å². The number of aryl methyl sites for hydroxylation is 2. The molecule has 0 amide bonds. The molecule has 0 bridgehead atoms. The standard InChI is InChI=1S/C9H17N3/c1-4-9(10)6-12-8(3)5-7(2)11-12/h5,9H,4,6,10H2,1-3H3/t9-/m0/s1. The highest BCUT2D eigenvalue weighted by Gasteiger charge is 2.04. The van der Waals surface area contributed by atoms with Crippen molar-refractivity contribution in [2.75, 3.05) is 0 Å². The van der Waals surface area contributed by atoms with Crippen LogP contribution in [-0.2, 0) is 6.54 Å². The second-order valence-corrected chi connectivity index (χ2v) is 3.28. The summed E-state index contributed by atoms with van der Waals surface area (Å²) >= 11 is 0. The van der Waals surface area contributed by atoms with Gasteiger partial charge in [0, 0.05) is 11.7 Å². The lowest BCUT2D eigenvalue weighted by Gasteiger charge is -2.09. The fourth-order valence-electron chi connectivity index (χ4n) is 1.21. The molecular formula is C9H17N3. The van der Waals surface area contributed by atoms with Gasteiger partial charge in [0.15, 0.2) is 0 Å². The second kappa shape index (κ2) is 3.72. The predicted octanol–water partition coefficient (Wildman–Crippen LogP) is 1.24. The van der Waals surface area contributed by atoms with Gasteiger partial charge < -0.3 is 5.73 Å². The van der Waals surface area contributed by atoms with Gasteiger partial charge in [0.2, 0.25) is 0 Å². The first-order valence-electron chi connectivity index (χ1n) is 4.40. The maximum atomic E-state index is 5.82. The summed E-state index contributed by atoms with van der Waals surface area (Å²) in [5.41, 5.74) is 8.08. The van der Waals surface area contributed by atoms with E-state index < -0.39 is 0 Å². The van der Waals surface area contributed by atoms with Gasteiger partial charge in [0.05, 0.1) is 12.2 Å². The normalized spacial score (nSPS) is 13.3. The van der Waals surface area contributed by atoms with Gasteiger partial charge in [-0.3, -0.25) is 4.68 Å². The van der Waals surface area contributed by atoms with E-state index in [2.05, 4.69) is 25.0 Å². The van der Waals surface area contributed by atoms with Crippen LogP contribution in [0.15, 0.2) is 6.07 Å². The summed E-state index contributed by atoms with van der Waals surface area (Å²) in [5, 5.41) is 4.33. The summed E-state index contributed by atoms with van der Waals surface area (Å²) in [6.45, 7) is 6.98. The van der Waals surface area contributed by atoms with Crippen molar-refractivity contribution in [1.29, 1.82) is 0 Å². The van der Waals surface area contributed by atoms with E-state index in [9.17, 15) is 0 Å². The third-order valence-corrected chi connectivity index (χ3v) is 2.04. The van der Waals surface area contributed by atoms with Crippen LogP contribution in [0.3, 0.4) is 0 Å². The topological polar surface area (TPSA) is 43.8 Å². The van der Waals surface area contributed by atoms with Crippen LogP contribution in [0.4, 0.5) is 0 Å². The third-order valence-electron chi connectivity index (χ3n) is 2.04. The molecule has 0 saturated heterocycles. The lowest BCUT2D eigenvalue weighted by Crippen LogP contribution is -2.26. The van der Waals surface area contributed by atoms with Gasteiger partial charge in [-0.1, -0.05) is 6.92 Å². The molecule has 3 heteroatoms. The Bertz CT molecular complexity index is 252. The molecule has 3 nitrogen and oxygen atoms in total. The quantitative estimate of drug-likeness (QED) is 0.736. The van der Waals surface area contributed by atoms with Crippen LogP contribution < -0.4 is 5.73 Å². The number of aromatic nitrogens is 2. The van der Waals surface area contributed by atoms with E-state index >= 15 is 0 Å². The summed E-state index contributed by atoms with van der Waals surface area (Å²) < 4.78 is 1.98. The molecule has 0 radical (unpaired) electrons. The predicted molar refractivity (Wildman–Crippen MR) is 50.0 cm³/mol. The van der Waals surface area contributed by atoms with Crippen molar-refractivity contribution in [3.63, 3.8) is 0 Å². The highest BCUT2D eigenvalue weighted by molar-refractivity contribution is 5.06. The molecule has 0 spiro atoms. The fraction of sp³-hybridized carbons (Fsp3) is 0.667. The summed E-state index contributed by atoms with van der Waals surface area (Å²) in [6, 6.07) is 2.30. The molecule has 68 valence electrons. The van der Waals surface area contributed by atoms with Crippen molar-refractivity contribution < 1.29 is 0 Å². The minimum absolute atomic E-state index is 0.225.